The van der Waals surface area contributed by atoms with Crippen molar-refractivity contribution in [2.75, 3.05) is 36.1 Å². The Morgan fingerprint density at radius 1 is 1.11 bits per heavy atom. The molecule has 0 radical (unpaired) electrons. The van der Waals surface area contributed by atoms with Gasteiger partial charge in [-0.15, -0.1) is 0 Å². The lowest BCUT2D eigenvalue weighted by Crippen LogP contribution is -2.47. The van der Waals surface area contributed by atoms with Gasteiger partial charge in [-0.3, -0.25) is 4.90 Å². The second-order valence-electron chi connectivity index (χ2n) is 10.9. The third-order valence-electron chi connectivity index (χ3n) is 6.72. The molecule has 1 saturated heterocycles. The van der Waals surface area contributed by atoms with Gasteiger partial charge in [0, 0.05) is 50.2 Å². The Labute approximate surface area is 223 Å². The van der Waals surface area contributed by atoms with Crippen molar-refractivity contribution in [1.82, 2.24) is 19.7 Å². The van der Waals surface area contributed by atoms with Gasteiger partial charge >= 0.3 is 6.09 Å². The average Bonchev–Trinajstić information content (AvgIpc) is 3.62. The molecule has 0 atom stereocenters. The fourth-order valence-corrected chi connectivity index (χ4v) is 4.66. The maximum absolute atomic E-state index is 14.0. The SMILES string of the molecule is CC.CC(C)(C)OC(=O)N(c1cc(N2CCOCC2)nc(-n2ccc(C3CC3)n2)n1)C1CCC(F)(F)CC1. The fraction of sp³-hybridized carbons (Fsp3) is 0.704. The van der Waals surface area contributed by atoms with Crippen LogP contribution in [0.3, 0.4) is 0 Å². The number of nitrogens with zero attached hydrogens (tertiary/aromatic N) is 6. The van der Waals surface area contributed by atoms with Crippen LogP contribution in [0.2, 0.25) is 0 Å². The third kappa shape index (κ3) is 6.98. The van der Waals surface area contributed by atoms with E-state index < -0.39 is 23.7 Å². The summed E-state index contributed by atoms with van der Waals surface area (Å²) in [7, 11) is 0. The number of morpholine rings is 1. The molecule has 5 rings (SSSR count). The standard InChI is InChI=1S/C25H34F2N6O3.C2H6/c1-24(2,3)36-23(34)33(18-6-9-25(26,27)10-7-18)21-16-20(31-12-14-35-15-13-31)28-22(29-21)32-11-8-19(30-32)17-4-5-17;1-2/h8,11,16-18H,4-7,9-10,12-15H2,1-3H3;1-2H3. The van der Waals surface area contributed by atoms with Crippen molar-refractivity contribution in [2.24, 2.45) is 0 Å². The van der Waals surface area contributed by atoms with Gasteiger partial charge in [-0.05, 0) is 52.5 Å². The molecular formula is C27H40F2N6O3. The lowest BCUT2D eigenvalue weighted by molar-refractivity contribution is -0.0388. The zero-order chi connectivity index (χ0) is 27.5. The van der Waals surface area contributed by atoms with Crippen LogP contribution in [0.5, 0.6) is 0 Å². The zero-order valence-electron chi connectivity index (χ0n) is 23.1. The molecule has 3 fully saturated rings. The maximum atomic E-state index is 14.0. The summed E-state index contributed by atoms with van der Waals surface area (Å²) >= 11 is 0. The monoisotopic (exact) mass is 534 g/mol. The van der Waals surface area contributed by atoms with Gasteiger partial charge in [-0.2, -0.15) is 15.1 Å². The van der Waals surface area contributed by atoms with Gasteiger partial charge in [0.05, 0.1) is 18.9 Å². The first-order chi connectivity index (χ1) is 18.1. The van der Waals surface area contributed by atoms with Crippen LogP contribution in [0.4, 0.5) is 25.2 Å². The topological polar surface area (TPSA) is 85.6 Å². The summed E-state index contributed by atoms with van der Waals surface area (Å²) in [5, 5.41) is 4.68. The number of carbonyl (C=O) groups is 1. The molecule has 3 aliphatic rings. The minimum absolute atomic E-state index is 0.159. The van der Waals surface area contributed by atoms with Crippen molar-refractivity contribution in [3.05, 3.63) is 24.0 Å². The van der Waals surface area contributed by atoms with E-state index in [1.165, 1.54) is 4.90 Å². The van der Waals surface area contributed by atoms with E-state index in [9.17, 15) is 13.6 Å². The van der Waals surface area contributed by atoms with Crippen LogP contribution in [0.15, 0.2) is 18.3 Å². The van der Waals surface area contributed by atoms with Gasteiger partial charge in [0.2, 0.25) is 5.92 Å². The average molecular weight is 535 g/mol. The molecule has 38 heavy (non-hydrogen) atoms. The number of halogens is 2. The molecular weight excluding hydrogens is 494 g/mol. The van der Waals surface area contributed by atoms with Gasteiger partial charge in [0.25, 0.3) is 5.95 Å². The maximum Gasteiger partial charge on any atom is 0.416 e. The van der Waals surface area contributed by atoms with E-state index in [0.29, 0.717) is 49.8 Å². The fourth-order valence-electron chi connectivity index (χ4n) is 4.66. The van der Waals surface area contributed by atoms with Crippen molar-refractivity contribution in [3.63, 3.8) is 0 Å². The lowest BCUT2D eigenvalue weighted by atomic mass is 9.91. The Balaban J connectivity index is 0.00000164. The smallest absolute Gasteiger partial charge is 0.416 e. The minimum atomic E-state index is -2.72. The first-order valence-corrected chi connectivity index (χ1v) is 13.8. The van der Waals surface area contributed by atoms with Crippen molar-refractivity contribution in [1.29, 1.82) is 0 Å². The molecule has 210 valence electrons. The van der Waals surface area contributed by atoms with Crippen molar-refractivity contribution in [2.45, 2.75) is 96.6 Å². The van der Waals surface area contributed by atoms with E-state index in [-0.39, 0.29) is 25.7 Å². The predicted molar refractivity (Wildman–Crippen MR) is 141 cm³/mol. The second kappa shape index (κ2) is 11.5. The molecule has 3 heterocycles. The molecule has 0 spiro atoms. The molecule has 0 aromatic carbocycles. The summed E-state index contributed by atoms with van der Waals surface area (Å²) in [4.78, 5) is 26.5. The highest BCUT2D eigenvalue weighted by molar-refractivity contribution is 5.88. The second-order valence-corrected chi connectivity index (χ2v) is 10.9. The molecule has 0 N–H and O–H groups in total. The summed E-state index contributed by atoms with van der Waals surface area (Å²) in [6.07, 6.45) is 3.22. The Kier molecular flexibility index (Phi) is 8.54. The molecule has 2 aromatic rings. The van der Waals surface area contributed by atoms with Crippen LogP contribution in [-0.4, -0.2) is 69.7 Å². The van der Waals surface area contributed by atoms with Crippen LogP contribution < -0.4 is 9.80 Å². The van der Waals surface area contributed by atoms with Crippen LogP contribution in [0.1, 0.15) is 84.8 Å². The van der Waals surface area contributed by atoms with Crippen LogP contribution in [0, 0.1) is 0 Å². The summed E-state index contributed by atoms with van der Waals surface area (Å²) in [5.74, 6) is -0.961. The number of ether oxygens (including phenoxy) is 2. The van der Waals surface area contributed by atoms with E-state index in [1.807, 2.05) is 26.1 Å². The van der Waals surface area contributed by atoms with Crippen molar-refractivity contribution in [3.8, 4) is 5.95 Å². The van der Waals surface area contributed by atoms with Gasteiger partial charge in [-0.1, -0.05) is 13.8 Å². The van der Waals surface area contributed by atoms with Crippen LogP contribution >= 0.6 is 0 Å². The number of alkyl halides is 2. The molecule has 9 nitrogen and oxygen atoms in total. The Hall–Kier alpha value is -2.82. The number of anilines is 2. The predicted octanol–water partition coefficient (Wildman–Crippen LogP) is 5.72. The highest BCUT2D eigenvalue weighted by Gasteiger charge is 2.41. The summed E-state index contributed by atoms with van der Waals surface area (Å²) in [5.41, 5.74) is 0.244. The normalized spacial score (nSPS) is 19.9. The third-order valence-corrected chi connectivity index (χ3v) is 6.72. The zero-order valence-corrected chi connectivity index (χ0v) is 23.1. The molecule has 0 unspecified atom stereocenters. The molecule has 1 aliphatic heterocycles. The van der Waals surface area contributed by atoms with Gasteiger partial charge < -0.3 is 14.4 Å². The minimum Gasteiger partial charge on any atom is -0.443 e. The van der Waals surface area contributed by atoms with Gasteiger partial charge in [0.1, 0.15) is 17.2 Å². The van der Waals surface area contributed by atoms with E-state index >= 15 is 0 Å². The van der Waals surface area contributed by atoms with Crippen LogP contribution in [-0.2, 0) is 9.47 Å². The van der Waals surface area contributed by atoms with Crippen molar-refractivity contribution < 1.29 is 23.0 Å². The molecule has 2 aliphatic carbocycles. The number of aromatic nitrogens is 4. The number of hydrogen-bond acceptors (Lipinski definition) is 7. The Morgan fingerprint density at radius 2 is 1.76 bits per heavy atom. The molecule has 11 heteroatoms. The van der Waals surface area contributed by atoms with Crippen LogP contribution in [0.25, 0.3) is 5.95 Å². The van der Waals surface area contributed by atoms with E-state index in [1.54, 1.807) is 31.5 Å². The molecule has 2 saturated carbocycles. The number of hydrogen-bond donors (Lipinski definition) is 0. The number of carbonyl (C=O) groups excluding carboxylic acids is 1. The molecule has 1 amide bonds. The van der Waals surface area contributed by atoms with Crippen molar-refractivity contribution >= 4 is 17.7 Å². The number of rotatable bonds is 5. The van der Waals surface area contributed by atoms with E-state index in [0.717, 1.165) is 18.5 Å². The summed E-state index contributed by atoms with van der Waals surface area (Å²) in [6, 6.07) is 3.26. The molecule has 2 aromatic heterocycles. The highest BCUT2D eigenvalue weighted by Crippen LogP contribution is 2.39. The highest BCUT2D eigenvalue weighted by atomic mass is 19.3. The lowest BCUT2D eigenvalue weighted by Gasteiger charge is -2.37. The van der Waals surface area contributed by atoms with Gasteiger partial charge in [0.15, 0.2) is 0 Å². The quantitative estimate of drug-likeness (QED) is 0.485. The first kappa shape index (κ1) is 28.2. The Morgan fingerprint density at radius 3 is 2.37 bits per heavy atom. The largest absolute Gasteiger partial charge is 0.443 e. The number of amides is 1. The van der Waals surface area contributed by atoms with Gasteiger partial charge in [-0.25, -0.2) is 18.3 Å². The van der Waals surface area contributed by atoms with E-state index in [4.69, 9.17) is 19.4 Å². The molecule has 0 bridgehead atoms. The summed E-state index contributed by atoms with van der Waals surface area (Å²) < 4.78 is 40.8. The Bertz CT molecular complexity index is 1080. The summed E-state index contributed by atoms with van der Waals surface area (Å²) in [6.45, 7) is 11.8. The first-order valence-electron chi connectivity index (χ1n) is 13.8. The van der Waals surface area contributed by atoms with E-state index in [2.05, 4.69) is 10.00 Å².